The van der Waals surface area contributed by atoms with Crippen molar-refractivity contribution in [3.63, 3.8) is 0 Å². The summed E-state index contributed by atoms with van der Waals surface area (Å²) in [7, 11) is 1.39. The van der Waals surface area contributed by atoms with E-state index in [0.717, 1.165) is 0 Å². The summed E-state index contributed by atoms with van der Waals surface area (Å²) in [5.41, 5.74) is 1.21. The molecule has 0 aliphatic heterocycles. The van der Waals surface area contributed by atoms with Crippen molar-refractivity contribution < 1.29 is 23.4 Å². The maximum atomic E-state index is 13.2. The van der Waals surface area contributed by atoms with E-state index >= 15 is 0 Å². The van der Waals surface area contributed by atoms with Crippen LogP contribution in [0.1, 0.15) is 21.9 Å². The van der Waals surface area contributed by atoms with Gasteiger partial charge in [0.1, 0.15) is 5.76 Å². The first-order valence-corrected chi connectivity index (χ1v) is 5.91. The van der Waals surface area contributed by atoms with Crippen LogP contribution in [-0.2, 0) is 6.54 Å². The van der Waals surface area contributed by atoms with Crippen molar-refractivity contribution in [2.24, 2.45) is 0 Å². The Morgan fingerprint density at radius 2 is 2.20 bits per heavy atom. The zero-order chi connectivity index (χ0) is 14.7. The van der Waals surface area contributed by atoms with Crippen LogP contribution in [0.25, 0.3) is 0 Å². The Bertz CT molecular complexity index is 636. The molecule has 5 nitrogen and oxygen atoms in total. The maximum absolute atomic E-state index is 13.2. The van der Waals surface area contributed by atoms with Crippen molar-refractivity contribution >= 4 is 11.7 Å². The molecule has 1 aromatic heterocycles. The average Bonchev–Trinajstić information content (AvgIpc) is 2.79. The van der Waals surface area contributed by atoms with E-state index in [9.17, 15) is 9.18 Å². The van der Waals surface area contributed by atoms with Gasteiger partial charge < -0.3 is 19.6 Å². The number of aryl methyl sites for hydroxylation is 1. The molecule has 0 radical (unpaired) electrons. The highest BCUT2D eigenvalue weighted by atomic mass is 19.1. The third kappa shape index (κ3) is 2.90. The first-order valence-electron chi connectivity index (χ1n) is 5.91. The Kier molecular flexibility index (Phi) is 3.93. The van der Waals surface area contributed by atoms with Crippen LogP contribution in [0.3, 0.4) is 0 Å². The molecule has 0 bridgehead atoms. The van der Waals surface area contributed by atoms with E-state index < -0.39 is 11.8 Å². The number of nitrogens with one attached hydrogen (secondary N) is 1. The summed E-state index contributed by atoms with van der Waals surface area (Å²) in [6.45, 7) is 1.96. The van der Waals surface area contributed by atoms with Gasteiger partial charge in [0.05, 0.1) is 13.7 Å². The van der Waals surface area contributed by atoms with Crippen LogP contribution in [0.2, 0.25) is 0 Å². The summed E-state index contributed by atoms with van der Waals surface area (Å²) in [5, 5.41) is 11.9. The third-order valence-corrected chi connectivity index (χ3v) is 2.78. The molecule has 2 N–H and O–H groups in total. The lowest BCUT2D eigenvalue weighted by molar-refractivity contribution is 0.0659. The van der Waals surface area contributed by atoms with Crippen LogP contribution in [0.15, 0.2) is 28.7 Å². The van der Waals surface area contributed by atoms with Gasteiger partial charge in [0.2, 0.25) is 5.76 Å². The van der Waals surface area contributed by atoms with Gasteiger partial charge in [-0.15, -0.1) is 0 Å². The number of benzene rings is 1. The summed E-state index contributed by atoms with van der Waals surface area (Å²) < 4.78 is 23.3. The molecule has 6 heteroatoms. The number of hydrogen-bond acceptors (Lipinski definition) is 4. The van der Waals surface area contributed by atoms with Crippen LogP contribution < -0.4 is 10.1 Å². The smallest absolute Gasteiger partial charge is 0.372 e. The average molecular weight is 279 g/mol. The maximum Gasteiger partial charge on any atom is 0.372 e. The molecule has 0 atom stereocenters. The number of anilines is 1. The zero-order valence-corrected chi connectivity index (χ0v) is 11.1. The summed E-state index contributed by atoms with van der Waals surface area (Å²) in [4.78, 5) is 10.9. The van der Waals surface area contributed by atoms with Crippen molar-refractivity contribution in [1.82, 2.24) is 0 Å². The standard InChI is InChI=1S/C14H14FNO4/c1-8-5-10(20-13(8)14(17)18)7-16-9-3-4-11(15)12(6-9)19-2/h3-6,16H,7H2,1-2H3,(H,17,18). The van der Waals surface area contributed by atoms with Crippen LogP contribution in [0, 0.1) is 12.7 Å². The van der Waals surface area contributed by atoms with Gasteiger partial charge in [0, 0.05) is 17.3 Å². The minimum atomic E-state index is -1.10. The summed E-state index contributed by atoms with van der Waals surface area (Å²) in [5.74, 6) is -0.990. The Morgan fingerprint density at radius 3 is 2.80 bits per heavy atom. The molecule has 0 amide bonds. The second-order valence-corrected chi connectivity index (χ2v) is 4.23. The largest absolute Gasteiger partial charge is 0.494 e. The number of hydrogen-bond donors (Lipinski definition) is 2. The number of furan rings is 1. The van der Waals surface area contributed by atoms with E-state index in [1.54, 1.807) is 19.1 Å². The topological polar surface area (TPSA) is 71.7 Å². The Hall–Kier alpha value is -2.50. The molecule has 1 heterocycles. The fourth-order valence-corrected chi connectivity index (χ4v) is 1.81. The number of ether oxygens (including phenoxy) is 1. The van der Waals surface area contributed by atoms with E-state index in [0.29, 0.717) is 23.6 Å². The summed E-state index contributed by atoms with van der Waals surface area (Å²) >= 11 is 0. The lowest BCUT2D eigenvalue weighted by Crippen LogP contribution is -1.99. The Morgan fingerprint density at radius 1 is 1.45 bits per heavy atom. The first kappa shape index (κ1) is 13.9. The molecule has 0 aliphatic rings. The fraction of sp³-hybridized carbons (Fsp3) is 0.214. The zero-order valence-electron chi connectivity index (χ0n) is 11.1. The Labute approximate surface area is 115 Å². The van der Waals surface area contributed by atoms with E-state index in [-0.39, 0.29) is 11.5 Å². The van der Waals surface area contributed by atoms with Crippen molar-refractivity contribution in [1.29, 1.82) is 0 Å². The molecule has 0 fully saturated rings. The molecular formula is C14H14FNO4. The normalized spacial score (nSPS) is 10.3. The van der Waals surface area contributed by atoms with Crippen LogP contribution in [0.5, 0.6) is 5.75 Å². The van der Waals surface area contributed by atoms with Crippen molar-refractivity contribution in [3.8, 4) is 5.75 Å². The lowest BCUT2D eigenvalue weighted by atomic mass is 10.2. The van der Waals surface area contributed by atoms with E-state index in [2.05, 4.69) is 5.32 Å². The molecule has 2 aromatic rings. The van der Waals surface area contributed by atoms with Crippen LogP contribution >= 0.6 is 0 Å². The van der Waals surface area contributed by atoms with Gasteiger partial charge in [-0.3, -0.25) is 0 Å². The monoisotopic (exact) mass is 279 g/mol. The molecule has 20 heavy (non-hydrogen) atoms. The van der Waals surface area contributed by atoms with Crippen LogP contribution in [0.4, 0.5) is 10.1 Å². The highest BCUT2D eigenvalue weighted by molar-refractivity contribution is 5.86. The van der Waals surface area contributed by atoms with Crippen molar-refractivity contribution in [3.05, 3.63) is 47.2 Å². The number of rotatable bonds is 5. The summed E-state index contributed by atoms with van der Waals surface area (Å²) in [6, 6.07) is 6.02. The number of carboxylic acid groups (broad SMARTS) is 1. The molecule has 106 valence electrons. The van der Waals surface area contributed by atoms with Gasteiger partial charge in [0.15, 0.2) is 11.6 Å². The predicted molar refractivity (Wildman–Crippen MR) is 70.7 cm³/mol. The van der Waals surface area contributed by atoms with Gasteiger partial charge in [-0.05, 0) is 25.1 Å². The fourth-order valence-electron chi connectivity index (χ4n) is 1.81. The van der Waals surface area contributed by atoms with E-state index in [1.165, 1.54) is 19.2 Å². The van der Waals surface area contributed by atoms with Crippen LogP contribution in [-0.4, -0.2) is 18.2 Å². The van der Waals surface area contributed by atoms with Gasteiger partial charge >= 0.3 is 5.97 Å². The lowest BCUT2D eigenvalue weighted by Gasteiger charge is -2.07. The second kappa shape index (κ2) is 5.64. The summed E-state index contributed by atoms with van der Waals surface area (Å²) in [6.07, 6.45) is 0. The first-order chi connectivity index (χ1) is 9.51. The molecule has 0 spiro atoms. The predicted octanol–water partition coefficient (Wildman–Crippen LogP) is 3.05. The van der Waals surface area contributed by atoms with Gasteiger partial charge in [0.25, 0.3) is 0 Å². The molecule has 1 aromatic carbocycles. The van der Waals surface area contributed by atoms with Gasteiger partial charge in [-0.1, -0.05) is 0 Å². The highest BCUT2D eigenvalue weighted by Gasteiger charge is 2.14. The highest BCUT2D eigenvalue weighted by Crippen LogP contribution is 2.22. The van der Waals surface area contributed by atoms with E-state index in [1.807, 2.05) is 0 Å². The molecule has 0 unspecified atom stereocenters. The number of carboxylic acids is 1. The molecule has 0 saturated heterocycles. The number of aromatic carboxylic acids is 1. The number of methoxy groups -OCH3 is 1. The molecular weight excluding hydrogens is 265 g/mol. The second-order valence-electron chi connectivity index (χ2n) is 4.23. The SMILES string of the molecule is COc1cc(NCc2cc(C)c(C(=O)O)o2)ccc1F. The number of carbonyl (C=O) groups is 1. The minimum absolute atomic E-state index is 0.0708. The molecule has 0 aliphatic carbocycles. The van der Waals surface area contributed by atoms with Crippen molar-refractivity contribution in [2.45, 2.75) is 13.5 Å². The quantitative estimate of drug-likeness (QED) is 0.880. The molecule has 0 saturated carbocycles. The minimum Gasteiger partial charge on any atom is -0.494 e. The molecule has 2 rings (SSSR count). The number of halogens is 1. The third-order valence-electron chi connectivity index (χ3n) is 2.78. The van der Waals surface area contributed by atoms with Crippen molar-refractivity contribution in [2.75, 3.05) is 12.4 Å². The Balaban J connectivity index is 2.09. The van der Waals surface area contributed by atoms with E-state index in [4.69, 9.17) is 14.3 Å². The van der Waals surface area contributed by atoms with Gasteiger partial charge in [-0.25, -0.2) is 9.18 Å². The van der Waals surface area contributed by atoms with Gasteiger partial charge in [-0.2, -0.15) is 0 Å².